The second kappa shape index (κ2) is 2.62. The average molecular weight is 263 g/mol. The first kappa shape index (κ1) is 12.2. The van der Waals surface area contributed by atoms with E-state index in [9.17, 15) is 19.4 Å². The summed E-state index contributed by atoms with van der Waals surface area (Å²) in [5, 5.41) is 0. The molecule has 0 radical (unpaired) electrons. The van der Waals surface area contributed by atoms with Gasteiger partial charge in [0.15, 0.2) is 0 Å². The van der Waals surface area contributed by atoms with Gasteiger partial charge in [-0.1, -0.05) is 43.8 Å². The first-order valence-electron chi connectivity index (χ1n) is 3.54. The Balaban J connectivity index is 3.29. The highest BCUT2D eigenvalue weighted by Gasteiger charge is 2.65. The summed E-state index contributed by atoms with van der Waals surface area (Å²) in [6, 6.07) is 2.18. The highest BCUT2D eigenvalue weighted by atomic mass is 32.5. The van der Waals surface area contributed by atoms with Gasteiger partial charge in [-0.05, 0) is 12.1 Å². The summed E-state index contributed by atoms with van der Waals surface area (Å²) in [6.07, 6.45) is 0. The molecule has 0 spiro atoms. The molecule has 15 heavy (non-hydrogen) atoms. The van der Waals surface area contributed by atoms with Crippen molar-refractivity contribution in [2.75, 3.05) is 0 Å². The van der Waals surface area contributed by atoms with E-state index in [1.165, 1.54) is 0 Å². The summed E-state index contributed by atoms with van der Waals surface area (Å²) in [4.78, 5) is -2.10. The van der Waals surface area contributed by atoms with E-state index in [4.69, 9.17) is 5.73 Å². The van der Waals surface area contributed by atoms with E-state index >= 15 is 0 Å². The van der Waals surface area contributed by atoms with Crippen LogP contribution in [0.15, 0.2) is 29.2 Å². The molecule has 1 rings (SSSR count). The molecule has 1 aromatic carbocycles. The van der Waals surface area contributed by atoms with Crippen molar-refractivity contribution in [1.29, 1.82) is 0 Å². The minimum Gasteiger partial charge on any atom is -0.389 e. The Morgan fingerprint density at radius 3 is 1.67 bits per heavy atom. The van der Waals surface area contributed by atoms with Crippen LogP contribution in [0.3, 0.4) is 0 Å². The van der Waals surface area contributed by atoms with Gasteiger partial charge in [-0.25, -0.2) is 0 Å². The van der Waals surface area contributed by atoms with Crippen LogP contribution in [-0.4, -0.2) is 4.99 Å². The normalized spacial score (nSPS) is 16.6. The molecule has 0 fully saturated rings. The van der Waals surface area contributed by atoms with Gasteiger partial charge in [0.1, 0.15) is 9.88 Å². The number of hydrogen-bond acceptors (Lipinski definition) is 1. The lowest BCUT2D eigenvalue weighted by Gasteiger charge is -2.40. The van der Waals surface area contributed by atoms with Gasteiger partial charge in [-0.2, -0.15) is 0 Å². The Hall–Kier alpha value is -0.890. The Bertz CT molecular complexity index is 406. The van der Waals surface area contributed by atoms with Crippen molar-refractivity contribution in [3.8, 4) is 0 Å². The summed E-state index contributed by atoms with van der Waals surface area (Å²) in [6.45, 7) is 0. The van der Waals surface area contributed by atoms with Crippen LogP contribution in [0.4, 0.5) is 19.4 Å². The topological polar surface area (TPSA) is 26.0 Å². The van der Waals surface area contributed by atoms with Gasteiger partial charge in [0, 0.05) is 5.56 Å². The molecular formula is C7H6F5NS2. The number of benzene rings is 1. The molecule has 0 atom stereocenters. The van der Waals surface area contributed by atoms with Gasteiger partial charge in [0.2, 0.25) is 0 Å². The predicted molar refractivity (Wildman–Crippen MR) is 53.7 cm³/mol. The standard InChI is InChI=1S/C7H6F5NS2/c8-15(9,10,11,12)6-3-1-5(2-4-6)7(13)14/h1-4H,(H2,13,14). The van der Waals surface area contributed by atoms with E-state index in [-0.39, 0.29) is 22.7 Å². The SMILES string of the molecule is NC(=S)c1ccc(S(F)(F)(F)(F)F)cc1. The Labute approximate surface area is 87.8 Å². The van der Waals surface area contributed by atoms with Crippen LogP contribution in [-0.2, 0) is 0 Å². The summed E-state index contributed by atoms with van der Waals surface area (Å²) < 4.78 is 61.1. The molecule has 0 bridgehead atoms. The molecule has 86 valence electrons. The van der Waals surface area contributed by atoms with Crippen LogP contribution >= 0.6 is 22.4 Å². The maximum Gasteiger partial charge on any atom is 0.310 e. The van der Waals surface area contributed by atoms with Crippen molar-refractivity contribution < 1.29 is 19.4 Å². The highest BCUT2D eigenvalue weighted by Crippen LogP contribution is 3.02. The van der Waals surface area contributed by atoms with Crippen molar-refractivity contribution in [1.82, 2.24) is 0 Å². The molecule has 0 saturated heterocycles. The van der Waals surface area contributed by atoms with Crippen LogP contribution in [0.25, 0.3) is 0 Å². The summed E-state index contributed by atoms with van der Waals surface area (Å²) in [5.74, 6) is 0. The molecule has 0 aliphatic heterocycles. The maximum atomic E-state index is 12.2. The predicted octanol–water partition coefficient (Wildman–Crippen LogP) is 3.98. The second-order valence-electron chi connectivity index (χ2n) is 2.86. The fraction of sp³-hybridized carbons (Fsp3) is 0. The molecule has 0 amide bonds. The third kappa shape index (κ3) is 3.03. The lowest BCUT2D eigenvalue weighted by Crippen LogP contribution is -2.10. The Morgan fingerprint density at radius 1 is 1.00 bits per heavy atom. The van der Waals surface area contributed by atoms with Crippen LogP contribution < -0.4 is 5.73 Å². The Kier molecular flexibility index (Phi) is 2.12. The molecule has 0 aliphatic rings. The van der Waals surface area contributed by atoms with Crippen molar-refractivity contribution in [2.45, 2.75) is 4.90 Å². The van der Waals surface area contributed by atoms with E-state index < -0.39 is 15.1 Å². The van der Waals surface area contributed by atoms with Crippen molar-refractivity contribution in [2.24, 2.45) is 5.73 Å². The molecule has 0 saturated carbocycles. The van der Waals surface area contributed by atoms with Crippen molar-refractivity contribution >= 4 is 27.4 Å². The van der Waals surface area contributed by atoms with Crippen LogP contribution in [0.1, 0.15) is 5.56 Å². The fourth-order valence-corrected chi connectivity index (χ4v) is 1.66. The summed E-state index contributed by atoms with van der Waals surface area (Å²) in [5.41, 5.74) is 5.22. The largest absolute Gasteiger partial charge is 0.389 e. The number of rotatable bonds is 2. The van der Waals surface area contributed by atoms with E-state index in [2.05, 4.69) is 12.2 Å². The lowest BCUT2D eigenvalue weighted by molar-refractivity contribution is 0.364. The van der Waals surface area contributed by atoms with Crippen LogP contribution in [0.2, 0.25) is 0 Å². The van der Waals surface area contributed by atoms with Gasteiger partial charge in [0.05, 0.1) is 0 Å². The minimum atomic E-state index is -9.57. The number of thiocarbonyl (C=S) groups is 1. The first-order chi connectivity index (χ1) is 6.40. The van der Waals surface area contributed by atoms with Crippen LogP contribution in [0, 0.1) is 0 Å². The molecule has 0 unspecified atom stereocenters. The maximum absolute atomic E-state index is 12.2. The lowest BCUT2D eigenvalue weighted by atomic mass is 10.2. The molecule has 0 heterocycles. The molecule has 8 heteroatoms. The number of hydrogen-bond donors (Lipinski definition) is 1. The van der Waals surface area contributed by atoms with Gasteiger partial charge < -0.3 is 5.73 Å². The first-order valence-corrected chi connectivity index (χ1v) is 5.90. The zero-order valence-electron chi connectivity index (χ0n) is 7.09. The zero-order valence-corrected chi connectivity index (χ0v) is 8.73. The molecular weight excluding hydrogens is 257 g/mol. The highest BCUT2D eigenvalue weighted by molar-refractivity contribution is 8.45. The molecule has 0 aromatic heterocycles. The van der Waals surface area contributed by atoms with E-state index in [0.29, 0.717) is 0 Å². The van der Waals surface area contributed by atoms with Gasteiger partial charge in [0.25, 0.3) is 0 Å². The fourth-order valence-electron chi connectivity index (χ4n) is 0.876. The smallest absolute Gasteiger partial charge is 0.310 e. The summed E-state index contributed by atoms with van der Waals surface area (Å²) in [7, 11) is -9.57. The number of halogens is 5. The third-order valence-electron chi connectivity index (χ3n) is 1.58. The third-order valence-corrected chi connectivity index (χ3v) is 2.98. The Morgan fingerprint density at radius 2 is 1.40 bits per heavy atom. The van der Waals surface area contributed by atoms with Crippen molar-refractivity contribution in [3.63, 3.8) is 0 Å². The second-order valence-corrected chi connectivity index (χ2v) is 5.71. The minimum absolute atomic E-state index is 0.107. The monoisotopic (exact) mass is 263 g/mol. The zero-order chi connectivity index (χ0) is 12.0. The van der Waals surface area contributed by atoms with Crippen LogP contribution in [0.5, 0.6) is 0 Å². The van der Waals surface area contributed by atoms with Crippen molar-refractivity contribution in [3.05, 3.63) is 29.8 Å². The van der Waals surface area contributed by atoms with E-state index in [1.54, 1.807) is 0 Å². The summed E-state index contributed by atoms with van der Waals surface area (Å²) >= 11 is 4.47. The molecule has 0 aliphatic carbocycles. The van der Waals surface area contributed by atoms with Gasteiger partial charge >= 0.3 is 10.2 Å². The number of nitrogens with two attached hydrogens (primary N) is 1. The molecule has 2 N–H and O–H groups in total. The molecule has 1 nitrogen and oxygen atoms in total. The quantitative estimate of drug-likeness (QED) is 0.645. The molecule has 1 aromatic rings. The van der Waals surface area contributed by atoms with E-state index in [1.807, 2.05) is 0 Å². The van der Waals surface area contributed by atoms with E-state index in [0.717, 1.165) is 12.1 Å². The average Bonchev–Trinajstić information content (AvgIpc) is 2.00. The van der Waals surface area contributed by atoms with Gasteiger partial charge in [-0.3, -0.25) is 0 Å². The van der Waals surface area contributed by atoms with Gasteiger partial charge in [-0.15, -0.1) is 0 Å².